The van der Waals surface area contributed by atoms with Crippen LogP contribution < -0.4 is 5.32 Å². The highest BCUT2D eigenvalue weighted by Crippen LogP contribution is 2.30. The van der Waals surface area contributed by atoms with Gasteiger partial charge in [0.1, 0.15) is 5.82 Å². The van der Waals surface area contributed by atoms with Crippen molar-refractivity contribution in [2.45, 2.75) is 25.2 Å². The first-order valence-electron chi connectivity index (χ1n) is 5.98. The first-order chi connectivity index (χ1) is 9.44. The Morgan fingerprint density at radius 3 is 2.50 bits per heavy atom. The zero-order chi connectivity index (χ0) is 14.6. The Kier molecular flexibility index (Phi) is 4.67. The fourth-order valence-electron chi connectivity index (χ4n) is 1.85. The topological polar surface area (TPSA) is 40.7 Å². The number of aromatic amines is 1. The van der Waals surface area contributed by atoms with Gasteiger partial charge in [0.2, 0.25) is 0 Å². The van der Waals surface area contributed by atoms with E-state index in [0.717, 1.165) is 0 Å². The molecule has 0 amide bonds. The summed E-state index contributed by atoms with van der Waals surface area (Å²) in [7, 11) is 0. The molecule has 1 atom stereocenters. The molecule has 0 unspecified atom stereocenters. The number of rotatable bonds is 5. The van der Waals surface area contributed by atoms with E-state index >= 15 is 0 Å². The molecule has 0 fully saturated rings. The number of hydrogen-bond donors (Lipinski definition) is 2. The molecule has 0 bridgehead atoms. The van der Waals surface area contributed by atoms with Crippen molar-refractivity contribution in [3.8, 4) is 0 Å². The minimum atomic E-state index is -4.25. The van der Waals surface area contributed by atoms with Crippen molar-refractivity contribution >= 4 is 11.6 Å². The molecule has 0 saturated carbocycles. The van der Waals surface area contributed by atoms with Crippen LogP contribution in [0.15, 0.2) is 36.7 Å². The van der Waals surface area contributed by atoms with E-state index in [1.807, 2.05) is 0 Å². The van der Waals surface area contributed by atoms with Crippen LogP contribution in [0, 0.1) is 0 Å². The van der Waals surface area contributed by atoms with E-state index in [9.17, 15) is 13.2 Å². The fraction of sp³-hybridized carbons (Fsp3) is 0.308. The van der Waals surface area contributed by atoms with Crippen molar-refractivity contribution in [2.24, 2.45) is 0 Å². The van der Waals surface area contributed by atoms with Gasteiger partial charge in [-0.2, -0.15) is 13.2 Å². The molecule has 1 heterocycles. The van der Waals surface area contributed by atoms with Gasteiger partial charge in [-0.15, -0.1) is 0 Å². The number of H-pyrrole nitrogens is 1. The summed E-state index contributed by atoms with van der Waals surface area (Å²) in [6.45, 7) is 0.233. The van der Waals surface area contributed by atoms with Crippen molar-refractivity contribution in [3.05, 3.63) is 53.1 Å². The molecule has 0 spiro atoms. The lowest BCUT2D eigenvalue weighted by atomic mass is 10.0. The third-order valence-electron chi connectivity index (χ3n) is 2.78. The molecule has 0 aliphatic rings. The van der Waals surface area contributed by atoms with E-state index in [2.05, 4.69) is 15.3 Å². The summed E-state index contributed by atoms with van der Waals surface area (Å²) in [6.07, 6.45) is -2.02. The molecule has 2 aromatic rings. The van der Waals surface area contributed by atoms with E-state index in [1.165, 1.54) is 0 Å². The molecule has 3 nitrogen and oxygen atoms in total. The minimum absolute atomic E-state index is 0.233. The van der Waals surface area contributed by atoms with E-state index in [0.29, 0.717) is 16.4 Å². The van der Waals surface area contributed by atoms with Crippen LogP contribution in [-0.4, -0.2) is 16.1 Å². The number of halogens is 4. The zero-order valence-electron chi connectivity index (χ0n) is 10.4. The summed E-state index contributed by atoms with van der Waals surface area (Å²) >= 11 is 5.75. The number of nitrogens with zero attached hydrogens (tertiary/aromatic N) is 1. The van der Waals surface area contributed by atoms with Crippen LogP contribution in [-0.2, 0) is 6.54 Å². The van der Waals surface area contributed by atoms with Gasteiger partial charge in [-0.05, 0) is 17.7 Å². The van der Waals surface area contributed by atoms with E-state index < -0.39 is 18.6 Å². The molecule has 2 rings (SSSR count). The molecule has 0 aliphatic heterocycles. The van der Waals surface area contributed by atoms with Crippen LogP contribution >= 0.6 is 11.6 Å². The van der Waals surface area contributed by atoms with Gasteiger partial charge in [0.05, 0.1) is 13.0 Å². The number of hydrogen-bond acceptors (Lipinski definition) is 2. The van der Waals surface area contributed by atoms with Gasteiger partial charge in [0.15, 0.2) is 0 Å². The maximum atomic E-state index is 12.6. The highest BCUT2D eigenvalue weighted by Gasteiger charge is 2.32. The molecular formula is C13H13ClF3N3. The SMILES string of the molecule is FC(F)(F)C[C@H](NCc1ncc[nH]1)c1ccc(Cl)cc1. The van der Waals surface area contributed by atoms with Crippen molar-refractivity contribution in [3.63, 3.8) is 0 Å². The van der Waals surface area contributed by atoms with Crippen LogP contribution in [0.5, 0.6) is 0 Å². The van der Waals surface area contributed by atoms with E-state index in [-0.39, 0.29) is 6.54 Å². The molecule has 20 heavy (non-hydrogen) atoms. The first kappa shape index (κ1) is 14.9. The summed E-state index contributed by atoms with van der Waals surface area (Å²) in [5.74, 6) is 0.589. The van der Waals surface area contributed by atoms with Crippen LogP contribution in [0.1, 0.15) is 23.9 Å². The van der Waals surface area contributed by atoms with Crippen molar-refractivity contribution in [1.29, 1.82) is 0 Å². The average Bonchev–Trinajstić information content (AvgIpc) is 2.87. The van der Waals surface area contributed by atoms with Crippen LogP contribution in [0.4, 0.5) is 13.2 Å². The van der Waals surface area contributed by atoms with E-state index in [1.54, 1.807) is 36.7 Å². The van der Waals surface area contributed by atoms with Gasteiger partial charge in [-0.25, -0.2) is 4.98 Å². The lowest BCUT2D eigenvalue weighted by molar-refractivity contribution is -0.140. The van der Waals surface area contributed by atoms with Crippen LogP contribution in [0.2, 0.25) is 5.02 Å². The predicted octanol–water partition coefficient (Wildman–Crippen LogP) is 3.85. The molecule has 1 aromatic heterocycles. The molecule has 7 heteroatoms. The molecule has 0 saturated heterocycles. The minimum Gasteiger partial charge on any atom is -0.348 e. The lowest BCUT2D eigenvalue weighted by Gasteiger charge is -2.20. The second-order valence-electron chi connectivity index (χ2n) is 4.34. The van der Waals surface area contributed by atoms with Gasteiger partial charge in [-0.3, -0.25) is 0 Å². The Labute approximate surface area is 119 Å². The number of nitrogens with one attached hydrogen (secondary N) is 2. The van der Waals surface area contributed by atoms with Crippen molar-refractivity contribution in [1.82, 2.24) is 15.3 Å². The highest BCUT2D eigenvalue weighted by molar-refractivity contribution is 6.30. The van der Waals surface area contributed by atoms with Crippen molar-refractivity contribution in [2.75, 3.05) is 0 Å². The standard InChI is InChI=1S/C13H13ClF3N3/c14-10-3-1-9(2-4-10)11(7-13(15,16)17)20-8-12-18-5-6-19-12/h1-6,11,20H,7-8H2,(H,18,19)/t11-/m0/s1. The third-order valence-corrected chi connectivity index (χ3v) is 3.03. The largest absolute Gasteiger partial charge is 0.390 e. The predicted molar refractivity (Wildman–Crippen MR) is 70.3 cm³/mol. The average molecular weight is 304 g/mol. The van der Waals surface area contributed by atoms with Crippen LogP contribution in [0.25, 0.3) is 0 Å². The summed E-state index contributed by atoms with van der Waals surface area (Å²) in [5, 5.41) is 3.35. The highest BCUT2D eigenvalue weighted by atomic mass is 35.5. The Bertz CT molecular complexity index is 523. The second kappa shape index (κ2) is 6.28. The number of benzene rings is 1. The Hall–Kier alpha value is -1.53. The quantitative estimate of drug-likeness (QED) is 0.881. The monoisotopic (exact) mass is 303 g/mol. The fourth-order valence-corrected chi connectivity index (χ4v) is 1.97. The number of imidazole rings is 1. The van der Waals surface area contributed by atoms with Crippen LogP contribution in [0.3, 0.4) is 0 Å². The van der Waals surface area contributed by atoms with Gasteiger partial charge in [-0.1, -0.05) is 23.7 Å². The van der Waals surface area contributed by atoms with Crippen molar-refractivity contribution < 1.29 is 13.2 Å². The second-order valence-corrected chi connectivity index (χ2v) is 4.78. The molecule has 0 aliphatic carbocycles. The molecule has 0 radical (unpaired) electrons. The third kappa shape index (κ3) is 4.54. The summed E-state index contributed by atoms with van der Waals surface area (Å²) < 4.78 is 37.9. The van der Waals surface area contributed by atoms with Gasteiger partial charge >= 0.3 is 6.18 Å². The molecule has 108 valence electrons. The molecular weight excluding hydrogens is 291 g/mol. The first-order valence-corrected chi connectivity index (χ1v) is 6.36. The Balaban J connectivity index is 2.09. The zero-order valence-corrected chi connectivity index (χ0v) is 11.2. The summed E-state index contributed by atoms with van der Waals surface area (Å²) in [4.78, 5) is 6.81. The number of alkyl halides is 3. The van der Waals surface area contributed by atoms with E-state index in [4.69, 9.17) is 11.6 Å². The van der Waals surface area contributed by atoms with Gasteiger partial charge < -0.3 is 10.3 Å². The van der Waals surface area contributed by atoms with Gasteiger partial charge in [0.25, 0.3) is 0 Å². The molecule has 2 N–H and O–H groups in total. The maximum absolute atomic E-state index is 12.6. The Morgan fingerprint density at radius 1 is 1.25 bits per heavy atom. The summed E-state index contributed by atoms with van der Waals surface area (Å²) in [5.41, 5.74) is 0.540. The Morgan fingerprint density at radius 2 is 1.95 bits per heavy atom. The normalized spacial score (nSPS) is 13.4. The summed E-state index contributed by atoms with van der Waals surface area (Å²) in [6, 6.07) is 5.50. The number of aromatic nitrogens is 2. The smallest absolute Gasteiger partial charge is 0.348 e. The molecule has 1 aromatic carbocycles. The van der Waals surface area contributed by atoms with Gasteiger partial charge in [0, 0.05) is 23.5 Å². The maximum Gasteiger partial charge on any atom is 0.390 e. The lowest BCUT2D eigenvalue weighted by Crippen LogP contribution is -2.26.